The molecule has 10 heteroatoms. The maximum absolute atomic E-state index is 13.7. The Morgan fingerprint density at radius 1 is 1.24 bits per heavy atom. The second-order valence-electron chi connectivity index (χ2n) is 10.3. The first kappa shape index (κ1) is 24.3. The standard InChI is InChI=1S/C28H30FN7O2/c1-17-13-35(16-38-15-17)23-6-7-25(33-22(23)14-34(2)3)32-21-5-4-19(20-11-31-28(37)27(20)21)24-12-30-26-10-18(29)8-9-36(24)26/h4-10,12,17H,11,13-16H2,1-3H3,(H,31,37)(H,32,33)/t17-/m1/s1. The Morgan fingerprint density at radius 2 is 2.11 bits per heavy atom. The fraction of sp³-hybridized carbons (Fsp3) is 0.321. The van der Waals surface area contributed by atoms with Crippen molar-refractivity contribution in [2.45, 2.75) is 20.0 Å². The van der Waals surface area contributed by atoms with E-state index in [1.807, 2.05) is 36.7 Å². The third-order valence-electron chi connectivity index (χ3n) is 6.92. The van der Waals surface area contributed by atoms with E-state index in [1.165, 1.54) is 12.1 Å². The molecular formula is C28H30FN7O2. The summed E-state index contributed by atoms with van der Waals surface area (Å²) in [5, 5.41) is 6.34. The van der Waals surface area contributed by atoms with Crippen molar-refractivity contribution in [2.75, 3.05) is 44.2 Å². The first-order valence-electron chi connectivity index (χ1n) is 12.7. The van der Waals surface area contributed by atoms with Gasteiger partial charge < -0.3 is 25.2 Å². The molecule has 196 valence electrons. The number of nitrogens with one attached hydrogen (secondary N) is 2. The molecule has 0 aliphatic carbocycles. The first-order chi connectivity index (χ1) is 18.4. The van der Waals surface area contributed by atoms with Crippen molar-refractivity contribution in [2.24, 2.45) is 5.92 Å². The van der Waals surface area contributed by atoms with Gasteiger partial charge in [0.15, 0.2) is 0 Å². The van der Waals surface area contributed by atoms with Gasteiger partial charge in [0.25, 0.3) is 5.91 Å². The number of ether oxygens (including phenoxy) is 1. The van der Waals surface area contributed by atoms with E-state index in [4.69, 9.17) is 9.72 Å². The van der Waals surface area contributed by atoms with E-state index in [9.17, 15) is 9.18 Å². The summed E-state index contributed by atoms with van der Waals surface area (Å²) in [5.74, 6) is 0.622. The number of rotatable bonds is 6. The van der Waals surface area contributed by atoms with Gasteiger partial charge in [-0.3, -0.25) is 9.20 Å². The molecule has 1 fully saturated rings. The van der Waals surface area contributed by atoms with Crippen LogP contribution in [0.25, 0.3) is 16.9 Å². The topological polar surface area (TPSA) is 87.0 Å². The average molecular weight is 516 g/mol. The normalized spacial score (nSPS) is 17.2. The predicted molar refractivity (Wildman–Crippen MR) is 144 cm³/mol. The Bertz CT molecular complexity index is 1530. The summed E-state index contributed by atoms with van der Waals surface area (Å²) >= 11 is 0. The summed E-state index contributed by atoms with van der Waals surface area (Å²) in [7, 11) is 4.04. The molecule has 2 aliphatic rings. The minimum Gasteiger partial charge on any atom is -0.361 e. The van der Waals surface area contributed by atoms with Gasteiger partial charge in [-0.25, -0.2) is 14.4 Å². The highest BCUT2D eigenvalue weighted by molar-refractivity contribution is 6.06. The monoisotopic (exact) mass is 515 g/mol. The van der Waals surface area contributed by atoms with Crippen LogP contribution in [-0.4, -0.2) is 59.2 Å². The largest absolute Gasteiger partial charge is 0.361 e. The molecule has 0 unspecified atom stereocenters. The number of pyridine rings is 2. The summed E-state index contributed by atoms with van der Waals surface area (Å²) in [4.78, 5) is 26.6. The number of halogens is 1. The van der Waals surface area contributed by atoms with Crippen molar-refractivity contribution in [3.05, 3.63) is 71.4 Å². The summed E-state index contributed by atoms with van der Waals surface area (Å²) in [6.07, 6.45) is 3.36. The molecule has 0 bridgehead atoms. The van der Waals surface area contributed by atoms with Crippen LogP contribution in [0.3, 0.4) is 0 Å². The van der Waals surface area contributed by atoms with Crippen LogP contribution in [-0.2, 0) is 17.8 Å². The lowest BCUT2D eigenvalue weighted by Gasteiger charge is -2.34. The van der Waals surface area contributed by atoms with Gasteiger partial charge >= 0.3 is 0 Å². The van der Waals surface area contributed by atoms with Crippen molar-refractivity contribution >= 4 is 28.7 Å². The molecular weight excluding hydrogens is 485 g/mol. The summed E-state index contributed by atoms with van der Waals surface area (Å²) in [5.41, 5.74) is 6.32. The molecule has 6 rings (SSSR count). The van der Waals surface area contributed by atoms with Crippen LogP contribution in [0.5, 0.6) is 0 Å². The second-order valence-corrected chi connectivity index (χ2v) is 10.3. The zero-order valence-corrected chi connectivity index (χ0v) is 21.7. The van der Waals surface area contributed by atoms with E-state index >= 15 is 0 Å². The number of benzene rings is 1. The molecule has 1 aromatic carbocycles. The van der Waals surface area contributed by atoms with E-state index in [1.54, 1.807) is 12.4 Å². The highest BCUT2D eigenvalue weighted by atomic mass is 19.1. The van der Waals surface area contributed by atoms with Crippen LogP contribution >= 0.6 is 0 Å². The Balaban J connectivity index is 1.36. The fourth-order valence-corrected chi connectivity index (χ4v) is 5.27. The quantitative estimate of drug-likeness (QED) is 0.401. The van der Waals surface area contributed by atoms with Crippen molar-refractivity contribution < 1.29 is 13.9 Å². The third-order valence-corrected chi connectivity index (χ3v) is 6.92. The molecule has 0 radical (unpaired) electrons. The van der Waals surface area contributed by atoms with E-state index in [0.29, 0.717) is 48.5 Å². The molecule has 9 nitrogen and oxygen atoms in total. The van der Waals surface area contributed by atoms with Gasteiger partial charge in [0, 0.05) is 37.5 Å². The summed E-state index contributed by atoms with van der Waals surface area (Å²) in [6, 6.07) is 10.7. The number of carbonyl (C=O) groups excluding carboxylic acids is 1. The number of hydrogen-bond donors (Lipinski definition) is 2. The highest BCUT2D eigenvalue weighted by Crippen LogP contribution is 2.36. The van der Waals surface area contributed by atoms with E-state index in [2.05, 4.69) is 38.4 Å². The van der Waals surface area contributed by atoms with Crippen LogP contribution < -0.4 is 15.5 Å². The molecule has 5 heterocycles. The Kier molecular flexibility index (Phi) is 6.21. The number of nitrogens with zero attached hydrogens (tertiary/aromatic N) is 5. The number of fused-ring (bicyclic) bond motifs is 2. The average Bonchev–Trinajstić information content (AvgIpc) is 3.48. The SMILES string of the molecule is C[C@H]1COCN(c2ccc(Nc3ccc(-c4cnc5cc(F)ccn45)c4c3C(=O)NC4)nc2CN(C)C)C1. The number of imidazole rings is 1. The van der Waals surface area contributed by atoms with Crippen molar-refractivity contribution in [3.8, 4) is 11.3 Å². The Hall–Kier alpha value is -4.02. The van der Waals surface area contributed by atoms with E-state index in [-0.39, 0.29) is 11.7 Å². The van der Waals surface area contributed by atoms with Crippen LogP contribution in [0.4, 0.5) is 21.6 Å². The van der Waals surface area contributed by atoms with E-state index in [0.717, 1.165) is 41.4 Å². The van der Waals surface area contributed by atoms with Crippen molar-refractivity contribution in [1.29, 1.82) is 0 Å². The molecule has 0 spiro atoms. The lowest BCUT2D eigenvalue weighted by Crippen LogP contribution is -2.39. The van der Waals surface area contributed by atoms with Gasteiger partial charge in [0.05, 0.1) is 41.1 Å². The minimum absolute atomic E-state index is 0.145. The maximum atomic E-state index is 13.7. The maximum Gasteiger partial charge on any atom is 0.254 e. The predicted octanol–water partition coefficient (Wildman–Crippen LogP) is 4.01. The van der Waals surface area contributed by atoms with Crippen molar-refractivity contribution in [3.63, 3.8) is 0 Å². The van der Waals surface area contributed by atoms with Gasteiger partial charge in [-0.05, 0) is 49.8 Å². The molecule has 1 amide bonds. The number of aromatic nitrogens is 3. The fourth-order valence-electron chi connectivity index (χ4n) is 5.27. The zero-order valence-electron chi connectivity index (χ0n) is 21.7. The Labute approximate surface area is 220 Å². The van der Waals surface area contributed by atoms with Gasteiger partial charge in [0.2, 0.25) is 0 Å². The first-order valence-corrected chi connectivity index (χ1v) is 12.7. The van der Waals surface area contributed by atoms with Gasteiger partial charge in [-0.2, -0.15) is 0 Å². The number of carbonyl (C=O) groups is 1. The molecule has 2 aliphatic heterocycles. The lowest BCUT2D eigenvalue weighted by atomic mass is 9.99. The minimum atomic E-state index is -0.342. The van der Waals surface area contributed by atoms with Gasteiger partial charge in [0.1, 0.15) is 24.0 Å². The molecule has 1 saturated heterocycles. The van der Waals surface area contributed by atoms with Crippen LogP contribution in [0.1, 0.15) is 28.5 Å². The lowest BCUT2D eigenvalue weighted by molar-refractivity contribution is 0.0739. The number of hydrogen-bond acceptors (Lipinski definition) is 7. The third kappa shape index (κ3) is 4.46. The molecule has 3 aromatic heterocycles. The van der Waals surface area contributed by atoms with E-state index < -0.39 is 0 Å². The smallest absolute Gasteiger partial charge is 0.254 e. The number of anilines is 3. The molecule has 1 atom stereocenters. The molecule has 38 heavy (non-hydrogen) atoms. The van der Waals surface area contributed by atoms with Crippen LogP contribution in [0.15, 0.2) is 48.8 Å². The Morgan fingerprint density at radius 3 is 2.92 bits per heavy atom. The van der Waals surface area contributed by atoms with Gasteiger partial charge in [-0.1, -0.05) is 13.0 Å². The summed E-state index contributed by atoms with van der Waals surface area (Å²) < 4.78 is 21.3. The number of amides is 1. The van der Waals surface area contributed by atoms with Crippen molar-refractivity contribution in [1.82, 2.24) is 24.6 Å². The second kappa shape index (κ2) is 9.70. The summed E-state index contributed by atoms with van der Waals surface area (Å²) in [6.45, 7) is 5.48. The zero-order chi connectivity index (χ0) is 26.4. The van der Waals surface area contributed by atoms with Gasteiger partial charge in [-0.15, -0.1) is 0 Å². The molecule has 4 aromatic rings. The molecule has 2 N–H and O–H groups in total. The van der Waals surface area contributed by atoms with Crippen LogP contribution in [0, 0.1) is 11.7 Å². The highest BCUT2D eigenvalue weighted by Gasteiger charge is 2.28. The molecule has 0 saturated carbocycles. The van der Waals surface area contributed by atoms with Crippen LogP contribution in [0.2, 0.25) is 0 Å².